The van der Waals surface area contributed by atoms with Crippen LogP contribution in [0.1, 0.15) is 74.6 Å². The van der Waals surface area contributed by atoms with Gasteiger partial charge in [-0.05, 0) is 44.6 Å². The smallest absolute Gasteiger partial charge is 0.191 e. The fraction of sp³-hybridized carbons (Fsp3) is 0.609. The average Bonchev–Trinajstić information content (AvgIpc) is 3.30. The first-order chi connectivity index (χ1) is 14.8. The van der Waals surface area contributed by atoms with Crippen LogP contribution in [0.2, 0.25) is 0 Å². The zero-order valence-electron chi connectivity index (χ0n) is 18.3. The molecule has 1 unspecified atom stereocenters. The highest BCUT2D eigenvalue weighted by atomic mass is 127. The van der Waals surface area contributed by atoms with Gasteiger partial charge in [-0.15, -0.1) is 34.2 Å². The number of hydrogen-bond donors (Lipinski definition) is 2. The standard InChI is InChI=1S/C23H32N6O.HI/c1-24-22(25-16-21-28-27-20-11-3-2-8-14-29(20)21)26-18-15-23(12-6-7-13-23)30-19-10-5-4-9-17(18)19;/h4-5,9-10,18H,2-3,6-8,11-16H2,1H3,(H2,24,25,26);1H. The molecule has 2 N–H and O–H groups in total. The number of nitrogens with zero attached hydrogens (tertiary/aromatic N) is 4. The number of guanidine groups is 1. The Morgan fingerprint density at radius 2 is 2.00 bits per heavy atom. The maximum Gasteiger partial charge on any atom is 0.191 e. The van der Waals surface area contributed by atoms with Gasteiger partial charge in [-0.1, -0.05) is 24.6 Å². The molecule has 8 heteroatoms. The third-order valence-electron chi connectivity index (χ3n) is 6.85. The van der Waals surface area contributed by atoms with E-state index >= 15 is 0 Å². The van der Waals surface area contributed by atoms with Crippen molar-refractivity contribution in [2.24, 2.45) is 4.99 Å². The molecular formula is C23H33IN6O. The Hall–Kier alpha value is -1.84. The lowest BCUT2D eigenvalue weighted by atomic mass is 9.86. The Labute approximate surface area is 201 Å². The summed E-state index contributed by atoms with van der Waals surface area (Å²) in [5.41, 5.74) is 1.18. The van der Waals surface area contributed by atoms with Crippen molar-refractivity contribution in [1.29, 1.82) is 0 Å². The van der Waals surface area contributed by atoms with E-state index < -0.39 is 0 Å². The van der Waals surface area contributed by atoms with Gasteiger partial charge < -0.3 is 19.9 Å². The van der Waals surface area contributed by atoms with Crippen molar-refractivity contribution in [2.45, 2.75) is 82.5 Å². The number of ether oxygens (including phenoxy) is 1. The fourth-order valence-electron chi connectivity index (χ4n) is 5.27. The van der Waals surface area contributed by atoms with E-state index in [1.165, 1.54) is 37.7 Å². The van der Waals surface area contributed by atoms with Gasteiger partial charge in [-0.2, -0.15) is 0 Å². The van der Waals surface area contributed by atoms with Crippen LogP contribution in [0, 0.1) is 0 Å². The lowest BCUT2D eigenvalue weighted by molar-refractivity contribution is 0.0396. The molecule has 7 nitrogen and oxygen atoms in total. The van der Waals surface area contributed by atoms with Crippen molar-refractivity contribution >= 4 is 29.9 Å². The molecule has 1 fully saturated rings. The monoisotopic (exact) mass is 536 g/mol. The second-order valence-electron chi connectivity index (χ2n) is 8.85. The van der Waals surface area contributed by atoms with Crippen molar-refractivity contribution in [3.63, 3.8) is 0 Å². The van der Waals surface area contributed by atoms with Gasteiger partial charge in [0.1, 0.15) is 17.2 Å². The number of rotatable bonds is 3. The third-order valence-corrected chi connectivity index (χ3v) is 6.85. The van der Waals surface area contributed by atoms with Gasteiger partial charge in [0.15, 0.2) is 11.8 Å². The van der Waals surface area contributed by atoms with E-state index in [4.69, 9.17) is 4.74 Å². The number of fused-ring (bicyclic) bond motifs is 2. The van der Waals surface area contributed by atoms with E-state index in [1.807, 2.05) is 7.05 Å². The predicted octanol–water partition coefficient (Wildman–Crippen LogP) is 4.12. The molecule has 5 rings (SSSR count). The van der Waals surface area contributed by atoms with Crippen LogP contribution in [-0.2, 0) is 19.5 Å². The van der Waals surface area contributed by atoms with Crippen LogP contribution in [0.5, 0.6) is 5.75 Å². The Balaban J connectivity index is 0.00000231. The van der Waals surface area contributed by atoms with Gasteiger partial charge in [-0.3, -0.25) is 4.99 Å². The summed E-state index contributed by atoms with van der Waals surface area (Å²) in [6.07, 6.45) is 10.5. The molecule has 1 spiro atoms. The minimum Gasteiger partial charge on any atom is -0.487 e. The van der Waals surface area contributed by atoms with Crippen LogP contribution in [0.3, 0.4) is 0 Å². The first-order valence-corrected chi connectivity index (χ1v) is 11.4. The molecule has 31 heavy (non-hydrogen) atoms. The molecule has 1 aromatic carbocycles. The molecule has 1 aliphatic carbocycles. The zero-order valence-corrected chi connectivity index (χ0v) is 20.6. The third kappa shape index (κ3) is 4.68. The summed E-state index contributed by atoms with van der Waals surface area (Å²) < 4.78 is 8.78. The van der Waals surface area contributed by atoms with Gasteiger partial charge in [0, 0.05) is 32.0 Å². The van der Waals surface area contributed by atoms with E-state index in [1.54, 1.807) is 0 Å². The van der Waals surface area contributed by atoms with E-state index in [0.29, 0.717) is 6.54 Å². The second kappa shape index (κ2) is 9.75. The van der Waals surface area contributed by atoms with Gasteiger partial charge in [0.25, 0.3) is 0 Å². The topological polar surface area (TPSA) is 76.4 Å². The molecule has 0 bridgehead atoms. The lowest BCUT2D eigenvalue weighted by Crippen LogP contribution is -2.46. The Kier molecular flexibility index (Phi) is 7.03. The molecule has 3 aliphatic rings. The van der Waals surface area contributed by atoms with E-state index in [2.05, 4.69) is 54.7 Å². The highest BCUT2D eigenvalue weighted by Crippen LogP contribution is 2.46. The molecule has 1 atom stereocenters. The maximum absolute atomic E-state index is 6.50. The zero-order chi connectivity index (χ0) is 20.4. The SMILES string of the molecule is CN=C(NCc1nnc2n1CCCCC2)NC1CC2(CCCC2)Oc2ccccc21.I. The number of aryl methyl sites for hydroxylation is 1. The molecule has 0 saturated heterocycles. The molecular weight excluding hydrogens is 503 g/mol. The van der Waals surface area contributed by atoms with Crippen LogP contribution < -0.4 is 15.4 Å². The van der Waals surface area contributed by atoms with Gasteiger partial charge in [0.2, 0.25) is 0 Å². The number of aromatic nitrogens is 3. The normalized spacial score (nSPS) is 22.0. The summed E-state index contributed by atoms with van der Waals surface area (Å²) in [5.74, 6) is 3.93. The Morgan fingerprint density at radius 3 is 2.84 bits per heavy atom. The number of aliphatic imine (C=N–C) groups is 1. The van der Waals surface area contributed by atoms with Crippen molar-refractivity contribution < 1.29 is 4.74 Å². The van der Waals surface area contributed by atoms with Crippen molar-refractivity contribution in [1.82, 2.24) is 25.4 Å². The highest BCUT2D eigenvalue weighted by Gasteiger charge is 2.43. The average molecular weight is 536 g/mol. The van der Waals surface area contributed by atoms with Crippen LogP contribution in [0.4, 0.5) is 0 Å². The number of para-hydroxylation sites is 1. The summed E-state index contributed by atoms with van der Waals surface area (Å²) in [4.78, 5) is 4.50. The maximum atomic E-state index is 6.50. The number of benzene rings is 1. The lowest BCUT2D eigenvalue weighted by Gasteiger charge is -2.40. The van der Waals surface area contributed by atoms with Crippen molar-refractivity contribution in [3.05, 3.63) is 41.5 Å². The van der Waals surface area contributed by atoms with Crippen molar-refractivity contribution in [2.75, 3.05) is 7.05 Å². The molecule has 2 aromatic rings. The quantitative estimate of drug-likeness (QED) is 0.351. The molecule has 0 radical (unpaired) electrons. The summed E-state index contributed by atoms with van der Waals surface area (Å²) >= 11 is 0. The summed E-state index contributed by atoms with van der Waals surface area (Å²) in [7, 11) is 1.83. The molecule has 1 aromatic heterocycles. The van der Waals surface area contributed by atoms with E-state index in [0.717, 1.165) is 55.6 Å². The molecule has 1 saturated carbocycles. The molecule has 0 amide bonds. The minimum absolute atomic E-state index is 0. The van der Waals surface area contributed by atoms with E-state index in [-0.39, 0.29) is 35.6 Å². The Bertz CT molecular complexity index is 921. The van der Waals surface area contributed by atoms with Gasteiger partial charge in [-0.25, -0.2) is 0 Å². The van der Waals surface area contributed by atoms with E-state index in [9.17, 15) is 0 Å². The fourth-order valence-corrected chi connectivity index (χ4v) is 5.27. The van der Waals surface area contributed by atoms with Crippen LogP contribution in [0.25, 0.3) is 0 Å². The van der Waals surface area contributed by atoms with Gasteiger partial charge in [0.05, 0.1) is 12.6 Å². The van der Waals surface area contributed by atoms with Crippen LogP contribution in [-0.4, -0.2) is 33.4 Å². The first-order valence-electron chi connectivity index (χ1n) is 11.4. The highest BCUT2D eigenvalue weighted by molar-refractivity contribution is 14.0. The second-order valence-corrected chi connectivity index (χ2v) is 8.85. The predicted molar refractivity (Wildman–Crippen MR) is 132 cm³/mol. The van der Waals surface area contributed by atoms with Crippen molar-refractivity contribution in [3.8, 4) is 5.75 Å². The minimum atomic E-state index is -0.0325. The number of hydrogen-bond acceptors (Lipinski definition) is 4. The molecule has 2 aliphatic heterocycles. The largest absolute Gasteiger partial charge is 0.487 e. The van der Waals surface area contributed by atoms with Crippen LogP contribution >= 0.6 is 24.0 Å². The summed E-state index contributed by atoms with van der Waals surface area (Å²) in [5, 5.41) is 16.0. The van der Waals surface area contributed by atoms with Crippen LogP contribution in [0.15, 0.2) is 29.3 Å². The van der Waals surface area contributed by atoms with Gasteiger partial charge >= 0.3 is 0 Å². The first kappa shape index (κ1) is 22.4. The molecule has 3 heterocycles. The molecule has 168 valence electrons. The Morgan fingerprint density at radius 1 is 1.16 bits per heavy atom. The number of halogens is 1. The summed E-state index contributed by atoms with van der Waals surface area (Å²) in [6.45, 7) is 1.64. The summed E-state index contributed by atoms with van der Waals surface area (Å²) in [6, 6.07) is 8.61. The number of nitrogens with one attached hydrogen (secondary N) is 2.